The third kappa shape index (κ3) is 3.60. The first-order valence-corrected chi connectivity index (χ1v) is 7.75. The van der Waals surface area contributed by atoms with E-state index in [0.29, 0.717) is 0 Å². The van der Waals surface area contributed by atoms with Crippen LogP contribution in [0.2, 0.25) is 0 Å². The van der Waals surface area contributed by atoms with Crippen molar-refractivity contribution in [1.82, 2.24) is 10.2 Å². The standard InChI is InChI=1S/C17H26N2O/c1-4-15-7-9-16(10-8-15)13(2)18-14(3)17(20)19-11-5-6-12-19/h7-10,13-14,18H,4-6,11-12H2,1-3H3. The van der Waals surface area contributed by atoms with Crippen molar-refractivity contribution in [3.05, 3.63) is 35.4 Å². The van der Waals surface area contributed by atoms with Crippen LogP contribution in [0.25, 0.3) is 0 Å². The van der Waals surface area contributed by atoms with Crippen molar-refractivity contribution in [1.29, 1.82) is 0 Å². The van der Waals surface area contributed by atoms with Gasteiger partial charge in [-0.05, 0) is 44.2 Å². The van der Waals surface area contributed by atoms with E-state index in [1.807, 2.05) is 11.8 Å². The van der Waals surface area contributed by atoms with Crippen LogP contribution < -0.4 is 5.32 Å². The second kappa shape index (κ2) is 6.89. The van der Waals surface area contributed by atoms with Gasteiger partial charge in [0.25, 0.3) is 0 Å². The average Bonchev–Trinajstić information content (AvgIpc) is 3.00. The summed E-state index contributed by atoms with van der Waals surface area (Å²) < 4.78 is 0. The SMILES string of the molecule is CCc1ccc(C(C)NC(C)C(=O)N2CCCC2)cc1. The van der Waals surface area contributed by atoms with Gasteiger partial charge in [0.1, 0.15) is 0 Å². The summed E-state index contributed by atoms with van der Waals surface area (Å²) in [4.78, 5) is 14.3. The number of carbonyl (C=O) groups excluding carboxylic acids is 1. The molecule has 1 aromatic carbocycles. The highest BCUT2D eigenvalue weighted by Gasteiger charge is 2.24. The molecule has 3 nitrogen and oxygen atoms in total. The van der Waals surface area contributed by atoms with Gasteiger partial charge in [0, 0.05) is 19.1 Å². The summed E-state index contributed by atoms with van der Waals surface area (Å²) in [5.74, 6) is 0.236. The largest absolute Gasteiger partial charge is 0.341 e. The summed E-state index contributed by atoms with van der Waals surface area (Å²) in [7, 11) is 0. The molecule has 2 unspecified atom stereocenters. The van der Waals surface area contributed by atoms with E-state index < -0.39 is 0 Å². The number of rotatable bonds is 5. The molecule has 0 radical (unpaired) electrons. The quantitative estimate of drug-likeness (QED) is 0.895. The van der Waals surface area contributed by atoms with Gasteiger partial charge in [-0.2, -0.15) is 0 Å². The number of aryl methyl sites for hydroxylation is 1. The molecule has 0 saturated carbocycles. The maximum Gasteiger partial charge on any atom is 0.239 e. The molecule has 3 heteroatoms. The lowest BCUT2D eigenvalue weighted by molar-refractivity contribution is -0.132. The molecule has 20 heavy (non-hydrogen) atoms. The van der Waals surface area contributed by atoms with E-state index in [1.54, 1.807) is 0 Å². The predicted octanol–water partition coefficient (Wildman–Crippen LogP) is 2.91. The molecule has 0 spiro atoms. The lowest BCUT2D eigenvalue weighted by Crippen LogP contribution is -2.44. The van der Waals surface area contributed by atoms with Gasteiger partial charge < -0.3 is 4.90 Å². The van der Waals surface area contributed by atoms with E-state index in [0.717, 1.165) is 32.4 Å². The Labute approximate surface area is 122 Å². The summed E-state index contributed by atoms with van der Waals surface area (Å²) in [5.41, 5.74) is 2.59. The van der Waals surface area contributed by atoms with Crippen molar-refractivity contribution in [2.24, 2.45) is 0 Å². The molecule has 0 bridgehead atoms. The van der Waals surface area contributed by atoms with Crippen LogP contribution in [0.3, 0.4) is 0 Å². The van der Waals surface area contributed by atoms with Crippen LogP contribution in [0.1, 0.15) is 50.8 Å². The monoisotopic (exact) mass is 274 g/mol. The van der Waals surface area contributed by atoms with Crippen molar-refractivity contribution in [2.45, 2.75) is 52.1 Å². The van der Waals surface area contributed by atoms with E-state index in [1.165, 1.54) is 11.1 Å². The Morgan fingerprint density at radius 3 is 2.35 bits per heavy atom. The minimum Gasteiger partial charge on any atom is -0.341 e. The number of nitrogens with one attached hydrogen (secondary N) is 1. The smallest absolute Gasteiger partial charge is 0.239 e. The van der Waals surface area contributed by atoms with Gasteiger partial charge in [-0.3, -0.25) is 10.1 Å². The molecule has 2 rings (SSSR count). The van der Waals surface area contributed by atoms with Crippen LogP contribution in [0.5, 0.6) is 0 Å². The van der Waals surface area contributed by atoms with Crippen molar-refractivity contribution >= 4 is 5.91 Å². The Balaban J connectivity index is 1.91. The number of carbonyl (C=O) groups is 1. The summed E-state index contributed by atoms with van der Waals surface area (Å²) >= 11 is 0. The van der Waals surface area contributed by atoms with E-state index >= 15 is 0 Å². The van der Waals surface area contributed by atoms with Crippen LogP contribution in [0.4, 0.5) is 0 Å². The van der Waals surface area contributed by atoms with Crippen molar-refractivity contribution < 1.29 is 4.79 Å². The lowest BCUT2D eigenvalue weighted by atomic mass is 10.0. The van der Waals surface area contributed by atoms with Crippen LogP contribution in [-0.2, 0) is 11.2 Å². The van der Waals surface area contributed by atoms with Gasteiger partial charge >= 0.3 is 0 Å². The van der Waals surface area contributed by atoms with E-state index in [9.17, 15) is 4.79 Å². The Bertz CT molecular complexity index is 435. The van der Waals surface area contributed by atoms with Gasteiger partial charge in [-0.15, -0.1) is 0 Å². The first-order valence-electron chi connectivity index (χ1n) is 7.75. The summed E-state index contributed by atoms with van der Waals surface area (Å²) in [5, 5.41) is 3.42. The third-order valence-corrected chi connectivity index (χ3v) is 4.18. The fourth-order valence-electron chi connectivity index (χ4n) is 2.80. The number of likely N-dealkylation sites (tertiary alicyclic amines) is 1. The highest BCUT2D eigenvalue weighted by Crippen LogP contribution is 2.16. The summed E-state index contributed by atoms with van der Waals surface area (Å²) in [6.07, 6.45) is 3.35. The number of amides is 1. The zero-order valence-electron chi connectivity index (χ0n) is 12.9. The molecule has 1 amide bonds. The zero-order chi connectivity index (χ0) is 14.5. The molecule has 0 aliphatic carbocycles. The van der Waals surface area contributed by atoms with Crippen LogP contribution in [-0.4, -0.2) is 29.9 Å². The Hall–Kier alpha value is -1.35. The number of hydrogen-bond acceptors (Lipinski definition) is 2. The maximum atomic E-state index is 12.3. The molecule has 1 saturated heterocycles. The third-order valence-electron chi connectivity index (χ3n) is 4.18. The van der Waals surface area contributed by atoms with E-state index in [-0.39, 0.29) is 18.0 Å². The maximum absolute atomic E-state index is 12.3. The highest BCUT2D eigenvalue weighted by atomic mass is 16.2. The minimum atomic E-state index is -0.117. The van der Waals surface area contributed by atoms with Crippen LogP contribution in [0.15, 0.2) is 24.3 Å². The molecule has 1 N–H and O–H groups in total. The second-order valence-electron chi connectivity index (χ2n) is 5.74. The molecule has 1 heterocycles. The lowest BCUT2D eigenvalue weighted by Gasteiger charge is -2.24. The normalized spacial score (nSPS) is 18.1. The number of hydrogen-bond donors (Lipinski definition) is 1. The molecule has 1 aliphatic rings. The van der Waals surface area contributed by atoms with Crippen LogP contribution in [0, 0.1) is 0 Å². The van der Waals surface area contributed by atoms with Gasteiger partial charge in [0.05, 0.1) is 6.04 Å². The minimum absolute atomic E-state index is 0.117. The number of benzene rings is 1. The van der Waals surface area contributed by atoms with Gasteiger partial charge in [0.2, 0.25) is 5.91 Å². The fraction of sp³-hybridized carbons (Fsp3) is 0.588. The molecule has 1 fully saturated rings. The fourth-order valence-corrected chi connectivity index (χ4v) is 2.80. The molecular weight excluding hydrogens is 248 g/mol. The van der Waals surface area contributed by atoms with Crippen molar-refractivity contribution in [3.8, 4) is 0 Å². The van der Waals surface area contributed by atoms with Crippen LogP contribution >= 0.6 is 0 Å². The van der Waals surface area contributed by atoms with Crippen molar-refractivity contribution in [3.63, 3.8) is 0 Å². The zero-order valence-corrected chi connectivity index (χ0v) is 12.9. The molecular formula is C17H26N2O. The molecule has 0 aromatic heterocycles. The number of nitrogens with zero attached hydrogens (tertiary/aromatic N) is 1. The highest BCUT2D eigenvalue weighted by molar-refractivity contribution is 5.81. The Morgan fingerprint density at radius 1 is 1.20 bits per heavy atom. The molecule has 2 atom stereocenters. The first-order chi connectivity index (χ1) is 9.61. The second-order valence-corrected chi connectivity index (χ2v) is 5.74. The van der Waals surface area contributed by atoms with Gasteiger partial charge in [-0.1, -0.05) is 31.2 Å². The van der Waals surface area contributed by atoms with Gasteiger partial charge in [-0.25, -0.2) is 0 Å². The van der Waals surface area contributed by atoms with Crippen molar-refractivity contribution in [2.75, 3.05) is 13.1 Å². The topological polar surface area (TPSA) is 32.3 Å². The van der Waals surface area contributed by atoms with E-state index in [4.69, 9.17) is 0 Å². The Morgan fingerprint density at radius 2 is 1.80 bits per heavy atom. The van der Waals surface area contributed by atoms with E-state index in [2.05, 4.69) is 43.4 Å². The summed E-state index contributed by atoms with van der Waals surface area (Å²) in [6, 6.07) is 8.73. The first kappa shape index (κ1) is 15.0. The molecule has 110 valence electrons. The molecule has 1 aromatic rings. The molecule has 1 aliphatic heterocycles. The average molecular weight is 274 g/mol. The summed E-state index contributed by atoms with van der Waals surface area (Å²) in [6.45, 7) is 8.09. The predicted molar refractivity (Wildman–Crippen MR) is 82.6 cm³/mol. The van der Waals surface area contributed by atoms with Gasteiger partial charge in [0.15, 0.2) is 0 Å². The Kier molecular flexibility index (Phi) is 5.18.